The molecule has 0 radical (unpaired) electrons. The van der Waals surface area contributed by atoms with Gasteiger partial charge in [0, 0.05) is 13.1 Å². The highest BCUT2D eigenvalue weighted by Crippen LogP contribution is 2.43. The topological polar surface area (TPSA) is 39.1 Å². The number of nitrogens with zero attached hydrogens (tertiary/aromatic N) is 2. The van der Waals surface area contributed by atoms with Crippen molar-refractivity contribution in [3.05, 3.63) is 0 Å². The van der Waals surface area contributed by atoms with Crippen LogP contribution >= 0.6 is 0 Å². The van der Waals surface area contributed by atoms with Crippen LogP contribution in [0, 0.1) is 22.7 Å². The zero-order chi connectivity index (χ0) is 14.5. The van der Waals surface area contributed by atoms with Gasteiger partial charge in [0.15, 0.2) is 0 Å². The lowest BCUT2D eigenvalue weighted by Crippen LogP contribution is -2.49. The fraction of sp³-hybridized carbons (Fsp3) is 0.938. The Morgan fingerprint density at radius 3 is 2.32 bits per heavy atom. The zero-order valence-electron chi connectivity index (χ0n) is 13.4. The van der Waals surface area contributed by atoms with Gasteiger partial charge in [-0.15, -0.1) is 0 Å². The monoisotopic (exact) mass is 265 g/mol. The summed E-state index contributed by atoms with van der Waals surface area (Å²) >= 11 is 0. The van der Waals surface area contributed by atoms with Gasteiger partial charge in [0.25, 0.3) is 0 Å². The first-order valence-electron chi connectivity index (χ1n) is 7.66. The molecule has 110 valence electrons. The molecule has 1 saturated carbocycles. The summed E-state index contributed by atoms with van der Waals surface area (Å²) in [4.78, 5) is 2.16. The maximum Gasteiger partial charge on any atom is 0.106 e. The van der Waals surface area contributed by atoms with Crippen molar-refractivity contribution in [1.82, 2.24) is 10.2 Å². The molecule has 3 heteroatoms. The minimum Gasteiger partial charge on any atom is -0.308 e. The SMILES string of the molecule is CCC(C)(C)C1CCC(C#N)(NCCN(C)C)CC1. The molecule has 0 unspecified atom stereocenters. The number of nitriles is 1. The highest BCUT2D eigenvalue weighted by molar-refractivity contribution is 5.10. The molecule has 0 aliphatic heterocycles. The van der Waals surface area contributed by atoms with Crippen LogP contribution in [0.2, 0.25) is 0 Å². The van der Waals surface area contributed by atoms with Crippen LogP contribution in [0.5, 0.6) is 0 Å². The Bertz CT molecular complexity index is 306. The smallest absolute Gasteiger partial charge is 0.106 e. The largest absolute Gasteiger partial charge is 0.308 e. The van der Waals surface area contributed by atoms with Crippen LogP contribution in [0.25, 0.3) is 0 Å². The van der Waals surface area contributed by atoms with Crippen molar-refractivity contribution in [2.24, 2.45) is 11.3 Å². The van der Waals surface area contributed by atoms with Gasteiger partial charge in [-0.25, -0.2) is 0 Å². The predicted molar refractivity (Wildman–Crippen MR) is 80.9 cm³/mol. The van der Waals surface area contributed by atoms with E-state index in [-0.39, 0.29) is 5.54 Å². The van der Waals surface area contributed by atoms with E-state index in [1.165, 1.54) is 19.3 Å². The van der Waals surface area contributed by atoms with Crippen LogP contribution in [0.4, 0.5) is 0 Å². The van der Waals surface area contributed by atoms with Crippen LogP contribution < -0.4 is 5.32 Å². The molecule has 3 nitrogen and oxygen atoms in total. The molecule has 0 atom stereocenters. The van der Waals surface area contributed by atoms with Crippen LogP contribution in [0.15, 0.2) is 0 Å². The van der Waals surface area contributed by atoms with Gasteiger partial charge in [-0.1, -0.05) is 27.2 Å². The molecule has 1 N–H and O–H groups in total. The first-order valence-corrected chi connectivity index (χ1v) is 7.66. The van der Waals surface area contributed by atoms with Crippen molar-refractivity contribution in [3.63, 3.8) is 0 Å². The highest BCUT2D eigenvalue weighted by atomic mass is 15.1. The Kier molecular flexibility index (Phi) is 5.82. The fourth-order valence-corrected chi connectivity index (χ4v) is 3.03. The van der Waals surface area contributed by atoms with Gasteiger partial charge >= 0.3 is 0 Å². The minimum absolute atomic E-state index is 0.268. The van der Waals surface area contributed by atoms with Gasteiger partial charge in [-0.3, -0.25) is 5.32 Å². The van der Waals surface area contributed by atoms with E-state index in [1.54, 1.807) is 0 Å². The summed E-state index contributed by atoms with van der Waals surface area (Å²) in [7, 11) is 4.14. The summed E-state index contributed by atoms with van der Waals surface area (Å²) in [6.45, 7) is 8.92. The van der Waals surface area contributed by atoms with Crippen LogP contribution in [0.3, 0.4) is 0 Å². The second-order valence-electron chi connectivity index (χ2n) is 7.04. The number of hydrogen-bond donors (Lipinski definition) is 1. The van der Waals surface area contributed by atoms with E-state index in [1.807, 2.05) is 0 Å². The van der Waals surface area contributed by atoms with Gasteiger partial charge in [-0.05, 0) is 51.1 Å². The van der Waals surface area contributed by atoms with Gasteiger partial charge < -0.3 is 4.90 Å². The average molecular weight is 265 g/mol. The van der Waals surface area contributed by atoms with Crippen LogP contribution in [0.1, 0.15) is 52.9 Å². The Balaban J connectivity index is 2.51. The first-order chi connectivity index (χ1) is 8.85. The molecule has 1 aliphatic carbocycles. The molecule has 0 spiro atoms. The summed E-state index contributed by atoms with van der Waals surface area (Å²) in [6.07, 6.45) is 5.61. The van der Waals surface area contributed by atoms with Crippen molar-refractivity contribution in [1.29, 1.82) is 5.26 Å². The van der Waals surface area contributed by atoms with E-state index in [4.69, 9.17) is 0 Å². The first kappa shape index (κ1) is 16.5. The third kappa shape index (κ3) is 4.47. The van der Waals surface area contributed by atoms with E-state index >= 15 is 0 Å². The van der Waals surface area contributed by atoms with Gasteiger partial charge in [0.2, 0.25) is 0 Å². The molecule has 0 aromatic carbocycles. The quantitative estimate of drug-likeness (QED) is 0.802. The van der Waals surface area contributed by atoms with Gasteiger partial charge in [0.05, 0.1) is 6.07 Å². The Morgan fingerprint density at radius 1 is 1.32 bits per heavy atom. The molecule has 0 aromatic rings. The van der Waals surface area contributed by atoms with Crippen LogP contribution in [-0.2, 0) is 0 Å². The van der Waals surface area contributed by atoms with E-state index in [0.29, 0.717) is 5.41 Å². The van der Waals surface area contributed by atoms with Crippen molar-refractivity contribution in [3.8, 4) is 6.07 Å². The Labute approximate surface area is 119 Å². The minimum atomic E-state index is -0.268. The lowest BCUT2D eigenvalue weighted by molar-refractivity contribution is 0.118. The lowest BCUT2D eigenvalue weighted by Gasteiger charge is -2.42. The highest BCUT2D eigenvalue weighted by Gasteiger charge is 2.39. The molecule has 0 saturated heterocycles. The van der Waals surface area contributed by atoms with Crippen molar-refractivity contribution in [2.75, 3.05) is 27.2 Å². The van der Waals surface area contributed by atoms with Gasteiger partial charge in [0.1, 0.15) is 5.54 Å². The van der Waals surface area contributed by atoms with Gasteiger partial charge in [-0.2, -0.15) is 5.26 Å². The maximum absolute atomic E-state index is 9.53. The summed E-state index contributed by atoms with van der Waals surface area (Å²) in [5, 5.41) is 13.0. The van der Waals surface area contributed by atoms with Crippen molar-refractivity contribution < 1.29 is 0 Å². The molecule has 0 heterocycles. The molecule has 1 aliphatic rings. The summed E-state index contributed by atoms with van der Waals surface area (Å²) in [5.41, 5.74) is 0.154. The average Bonchev–Trinajstić information content (AvgIpc) is 2.39. The van der Waals surface area contributed by atoms with Crippen molar-refractivity contribution in [2.45, 2.75) is 58.4 Å². The number of rotatable bonds is 6. The fourth-order valence-electron chi connectivity index (χ4n) is 3.03. The van der Waals surface area contributed by atoms with E-state index < -0.39 is 0 Å². The Morgan fingerprint density at radius 2 is 1.89 bits per heavy atom. The summed E-state index contributed by atoms with van der Waals surface area (Å²) in [5.74, 6) is 0.773. The zero-order valence-corrected chi connectivity index (χ0v) is 13.4. The lowest BCUT2D eigenvalue weighted by atomic mass is 9.66. The van der Waals surface area contributed by atoms with Crippen LogP contribution in [-0.4, -0.2) is 37.6 Å². The summed E-state index contributed by atoms with van der Waals surface area (Å²) in [6, 6.07) is 2.55. The number of hydrogen-bond acceptors (Lipinski definition) is 3. The standard InChI is InChI=1S/C16H31N3/c1-6-15(2,3)14-7-9-16(13-17,10-8-14)18-11-12-19(4)5/h14,18H,6-12H2,1-5H3. The number of likely N-dealkylation sites (N-methyl/N-ethyl adjacent to an activating group) is 1. The molecule has 0 amide bonds. The van der Waals surface area contributed by atoms with E-state index in [9.17, 15) is 5.26 Å². The second kappa shape index (κ2) is 6.72. The molecule has 1 fully saturated rings. The predicted octanol–water partition coefficient (Wildman–Crippen LogP) is 3.03. The molecular weight excluding hydrogens is 234 g/mol. The van der Waals surface area contributed by atoms with E-state index in [2.05, 4.69) is 51.2 Å². The molecule has 0 aromatic heterocycles. The second-order valence-corrected chi connectivity index (χ2v) is 7.04. The Hall–Kier alpha value is -0.590. The summed E-state index contributed by atoms with van der Waals surface area (Å²) < 4.78 is 0. The van der Waals surface area contributed by atoms with E-state index in [0.717, 1.165) is 31.8 Å². The van der Waals surface area contributed by atoms with Crippen molar-refractivity contribution >= 4 is 0 Å². The molecule has 19 heavy (non-hydrogen) atoms. The molecule has 1 rings (SSSR count). The normalized spacial score (nSPS) is 28.4. The third-order valence-corrected chi connectivity index (χ3v) is 5.09. The maximum atomic E-state index is 9.53. The number of nitrogens with one attached hydrogen (secondary N) is 1. The molecular formula is C16H31N3. The third-order valence-electron chi connectivity index (χ3n) is 5.09. The molecule has 0 bridgehead atoms.